The molecule has 2 rings (SSSR count). The van der Waals surface area contributed by atoms with Crippen LogP contribution in [-0.4, -0.2) is 49.0 Å². The molecule has 0 saturated carbocycles. The minimum atomic E-state index is -3.42. The summed E-state index contributed by atoms with van der Waals surface area (Å²) in [5, 5.41) is 3.72. The minimum Gasteiger partial charge on any atom is -0.340 e. The van der Waals surface area contributed by atoms with Gasteiger partial charge in [-0.05, 0) is 25.3 Å². The molecule has 1 aromatic heterocycles. The first-order chi connectivity index (χ1) is 9.51. The van der Waals surface area contributed by atoms with E-state index >= 15 is 0 Å². The highest BCUT2D eigenvalue weighted by molar-refractivity contribution is 7.87. The number of hydrogen-bond donors (Lipinski definition) is 2. The molecule has 1 aliphatic rings. The lowest BCUT2D eigenvalue weighted by atomic mass is 9.99. The maximum atomic E-state index is 12.1. The van der Waals surface area contributed by atoms with Crippen molar-refractivity contribution in [1.82, 2.24) is 19.2 Å². The van der Waals surface area contributed by atoms with Gasteiger partial charge < -0.3 is 10.3 Å². The molecule has 0 spiro atoms. The van der Waals surface area contributed by atoms with Crippen molar-refractivity contribution in [2.45, 2.75) is 26.2 Å². The van der Waals surface area contributed by atoms with Crippen molar-refractivity contribution in [1.29, 1.82) is 0 Å². The molecule has 0 amide bonds. The maximum absolute atomic E-state index is 12.1. The molecule has 0 radical (unpaired) electrons. The second-order valence-electron chi connectivity index (χ2n) is 4.96. The molecule has 20 heavy (non-hydrogen) atoms. The topological polar surface area (TPSA) is 114 Å². The predicted molar refractivity (Wildman–Crippen MR) is 73.0 cm³/mol. The fraction of sp³-hybridized carbons (Fsp3) is 0.818. The summed E-state index contributed by atoms with van der Waals surface area (Å²) in [5.74, 6) is 1.42. The fourth-order valence-electron chi connectivity index (χ4n) is 2.21. The van der Waals surface area contributed by atoms with Crippen LogP contribution in [0.15, 0.2) is 4.52 Å². The van der Waals surface area contributed by atoms with Gasteiger partial charge in [-0.3, -0.25) is 0 Å². The van der Waals surface area contributed by atoms with Crippen molar-refractivity contribution < 1.29 is 12.9 Å². The maximum Gasteiger partial charge on any atom is 0.279 e. The first kappa shape index (κ1) is 15.4. The van der Waals surface area contributed by atoms with E-state index in [4.69, 9.17) is 10.3 Å². The molecular formula is C11H21N5O3S. The van der Waals surface area contributed by atoms with Crippen molar-refractivity contribution in [3.05, 3.63) is 11.7 Å². The van der Waals surface area contributed by atoms with Gasteiger partial charge in [-0.25, -0.2) is 4.72 Å². The smallest absolute Gasteiger partial charge is 0.279 e. The van der Waals surface area contributed by atoms with Gasteiger partial charge >= 0.3 is 0 Å². The molecule has 1 aromatic rings. The highest BCUT2D eigenvalue weighted by atomic mass is 32.2. The lowest BCUT2D eigenvalue weighted by Crippen LogP contribution is -2.46. The van der Waals surface area contributed by atoms with E-state index in [1.807, 2.05) is 0 Å². The lowest BCUT2D eigenvalue weighted by Gasteiger charge is -2.30. The molecule has 2 heterocycles. The van der Waals surface area contributed by atoms with E-state index in [0.717, 1.165) is 12.8 Å². The molecule has 9 heteroatoms. The van der Waals surface area contributed by atoms with Crippen LogP contribution in [0.25, 0.3) is 0 Å². The molecule has 0 aromatic carbocycles. The number of nitrogens with one attached hydrogen (secondary N) is 1. The van der Waals surface area contributed by atoms with Gasteiger partial charge in [-0.15, -0.1) is 0 Å². The Kier molecular flexibility index (Phi) is 5.08. The number of rotatable bonds is 6. The number of aryl methyl sites for hydroxylation is 1. The number of aromatic nitrogens is 2. The van der Waals surface area contributed by atoms with E-state index in [0.29, 0.717) is 43.7 Å². The van der Waals surface area contributed by atoms with Crippen LogP contribution < -0.4 is 10.5 Å². The average Bonchev–Trinajstić information content (AvgIpc) is 2.84. The Morgan fingerprint density at radius 3 is 2.70 bits per heavy atom. The van der Waals surface area contributed by atoms with Gasteiger partial charge in [-0.2, -0.15) is 17.7 Å². The SMILES string of the molecule is Cc1nc(CCNS(=O)(=O)N2CCC(CN)CC2)no1. The molecule has 0 bridgehead atoms. The second kappa shape index (κ2) is 6.61. The summed E-state index contributed by atoms with van der Waals surface area (Å²) < 4.78 is 33.1. The molecule has 1 saturated heterocycles. The number of hydrogen-bond acceptors (Lipinski definition) is 6. The summed E-state index contributed by atoms with van der Waals surface area (Å²) >= 11 is 0. The third-order valence-electron chi connectivity index (χ3n) is 3.45. The van der Waals surface area contributed by atoms with Gasteiger partial charge in [0.05, 0.1) is 0 Å². The van der Waals surface area contributed by atoms with E-state index in [2.05, 4.69) is 14.9 Å². The monoisotopic (exact) mass is 303 g/mol. The van der Waals surface area contributed by atoms with E-state index < -0.39 is 10.2 Å². The Balaban J connectivity index is 1.79. The van der Waals surface area contributed by atoms with Gasteiger partial charge in [0.25, 0.3) is 10.2 Å². The van der Waals surface area contributed by atoms with Crippen LogP contribution in [0, 0.1) is 12.8 Å². The van der Waals surface area contributed by atoms with Crippen molar-refractivity contribution >= 4 is 10.2 Å². The third-order valence-corrected chi connectivity index (χ3v) is 5.06. The average molecular weight is 303 g/mol. The van der Waals surface area contributed by atoms with E-state index in [1.165, 1.54) is 4.31 Å². The molecule has 8 nitrogen and oxygen atoms in total. The van der Waals surface area contributed by atoms with Gasteiger partial charge in [0.15, 0.2) is 5.82 Å². The molecule has 1 aliphatic heterocycles. The van der Waals surface area contributed by atoms with Gasteiger partial charge in [0.2, 0.25) is 5.89 Å². The molecular weight excluding hydrogens is 282 g/mol. The molecule has 0 aliphatic carbocycles. The van der Waals surface area contributed by atoms with Gasteiger partial charge in [0.1, 0.15) is 0 Å². The number of nitrogens with zero attached hydrogens (tertiary/aromatic N) is 3. The third kappa shape index (κ3) is 3.98. The standard InChI is InChI=1S/C11H21N5O3S/c1-9-14-11(15-19-9)2-5-13-20(17,18)16-6-3-10(8-12)4-7-16/h10,13H,2-8,12H2,1H3. The molecule has 0 unspecified atom stereocenters. The van der Waals surface area contributed by atoms with Crippen LogP contribution >= 0.6 is 0 Å². The first-order valence-corrected chi connectivity index (χ1v) is 8.19. The zero-order valence-corrected chi connectivity index (χ0v) is 12.4. The summed E-state index contributed by atoms with van der Waals surface area (Å²) in [4.78, 5) is 4.02. The van der Waals surface area contributed by atoms with Gasteiger partial charge in [-0.1, -0.05) is 5.16 Å². The zero-order chi connectivity index (χ0) is 14.6. The normalized spacial score (nSPS) is 18.5. The lowest BCUT2D eigenvalue weighted by molar-refractivity contribution is 0.276. The van der Waals surface area contributed by atoms with Crippen molar-refractivity contribution in [2.75, 3.05) is 26.2 Å². The second-order valence-corrected chi connectivity index (χ2v) is 6.71. The van der Waals surface area contributed by atoms with Crippen molar-refractivity contribution in [2.24, 2.45) is 11.7 Å². The van der Waals surface area contributed by atoms with E-state index in [9.17, 15) is 8.42 Å². The Labute approximate surface area is 118 Å². The molecule has 0 atom stereocenters. The summed E-state index contributed by atoms with van der Waals surface area (Å²) in [5.41, 5.74) is 5.60. The van der Waals surface area contributed by atoms with Crippen LogP contribution in [0.4, 0.5) is 0 Å². The van der Waals surface area contributed by atoms with Gasteiger partial charge in [0, 0.05) is 33.0 Å². The van der Waals surface area contributed by atoms with E-state index in [-0.39, 0.29) is 6.54 Å². The Morgan fingerprint density at radius 2 is 2.15 bits per heavy atom. The minimum absolute atomic E-state index is 0.262. The first-order valence-electron chi connectivity index (χ1n) is 6.75. The van der Waals surface area contributed by atoms with Crippen LogP contribution in [0.2, 0.25) is 0 Å². The Bertz CT molecular complexity index is 522. The Morgan fingerprint density at radius 1 is 1.45 bits per heavy atom. The summed E-state index contributed by atoms with van der Waals surface area (Å²) in [6.45, 7) is 3.63. The van der Waals surface area contributed by atoms with Crippen LogP contribution in [0.3, 0.4) is 0 Å². The highest BCUT2D eigenvalue weighted by Crippen LogP contribution is 2.17. The number of nitrogens with two attached hydrogens (primary N) is 1. The Hall–Kier alpha value is -1.03. The fourth-order valence-corrected chi connectivity index (χ4v) is 3.45. The summed E-state index contributed by atoms with van der Waals surface area (Å²) in [6.07, 6.45) is 2.05. The largest absolute Gasteiger partial charge is 0.340 e. The van der Waals surface area contributed by atoms with E-state index in [1.54, 1.807) is 6.92 Å². The number of piperidine rings is 1. The van der Waals surface area contributed by atoms with Crippen LogP contribution in [0.1, 0.15) is 24.6 Å². The zero-order valence-electron chi connectivity index (χ0n) is 11.6. The van der Waals surface area contributed by atoms with Crippen molar-refractivity contribution in [3.8, 4) is 0 Å². The van der Waals surface area contributed by atoms with Crippen LogP contribution in [-0.2, 0) is 16.6 Å². The van der Waals surface area contributed by atoms with Crippen LogP contribution in [0.5, 0.6) is 0 Å². The molecule has 1 fully saturated rings. The molecule has 114 valence electrons. The molecule has 3 N–H and O–H groups in total. The summed E-state index contributed by atoms with van der Waals surface area (Å²) in [6, 6.07) is 0. The highest BCUT2D eigenvalue weighted by Gasteiger charge is 2.26. The van der Waals surface area contributed by atoms with Crippen molar-refractivity contribution in [3.63, 3.8) is 0 Å². The quantitative estimate of drug-likeness (QED) is 0.727. The summed E-state index contributed by atoms with van der Waals surface area (Å²) in [7, 11) is -3.42. The predicted octanol–water partition coefficient (Wildman–Crippen LogP) is -0.574.